The zero-order valence-corrected chi connectivity index (χ0v) is 21.5. The van der Waals surface area contributed by atoms with Crippen LogP contribution < -0.4 is 0 Å². The van der Waals surface area contributed by atoms with Crippen LogP contribution in [-0.4, -0.2) is 51.2 Å². The third kappa shape index (κ3) is 4.02. The maximum atomic E-state index is 14.3. The normalized spacial score (nSPS) is 23.0. The molecule has 7 nitrogen and oxygen atoms in total. The molecule has 8 heteroatoms. The molecule has 2 aromatic rings. The van der Waals surface area contributed by atoms with Crippen molar-refractivity contribution in [2.75, 3.05) is 26.4 Å². The van der Waals surface area contributed by atoms with Crippen molar-refractivity contribution < 1.29 is 27.4 Å². The predicted molar refractivity (Wildman–Crippen MR) is 133 cm³/mol. The maximum Gasteiger partial charge on any atom is 0.259 e. The Morgan fingerprint density at radius 3 is 1.77 bits per heavy atom. The lowest BCUT2D eigenvalue weighted by molar-refractivity contribution is -0.480. The minimum atomic E-state index is -4.35. The Hall–Kier alpha value is -2.54. The van der Waals surface area contributed by atoms with E-state index in [1.165, 1.54) is 12.1 Å². The molecule has 0 aliphatic heterocycles. The highest BCUT2D eigenvalue weighted by Crippen LogP contribution is 2.65. The second-order valence-electron chi connectivity index (χ2n) is 7.93. The van der Waals surface area contributed by atoms with E-state index in [-0.39, 0.29) is 31.3 Å². The van der Waals surface area contributed by atoms with Gasteiger partial charge in [-0.05, 0) is 45.4 Å². The van der Waals surface area contributed by atoms with Crippen molar-refractivity contribution in [3.63, 3.8) is 0 Å². The fourth-order valence-electron chi connectivity index (χ4n) is 4.93. The molecule has 0 aromatic heterocycles. The zero-order chi connectivity index (χ0) is 25.6. The Bertz CT molecular complexity index is 1130. The molecule has 188 valence electrons. The van der Waals surface area contributed by atoms with Crippen molar-refractivity contribution in [3.05, 3.63) is 72.3 Å². The van der Waals surface area contributed by atoms with Gasteiger partial charge in [-0.15, -0.1) is 0 Å². The van der Waals surface area contributed by atoms with Crippen LogP contribution >= 0.6 is 0 Å². The number of hydrogen-bond donors (Lipinski definition) is 0. The van der Waals surface area contributed by atoms with E-state index < -0.39 is 32.1 Å². The summed E-state index contributed by atoms with van der Waals surface area (Å²) < 4.78 is 51.0. The Kier molecular flexibility index (Phi) is 8.52. The highest BCUT2D eigenvalue weighted by atomic mass is 32.2. The lowest BCUT2D eigenvalue weighted by atomic mass is 9.60. The molecule has 0 heterocycles. The SMILES string of the molecule is CCOC1(OCC)[C@H](/C=C/c2ccccc2)[C@@](C#N)(S(=O)(=O)c2ccccc2)C1(OCC)OCC. The van der Waals surface area contributed by atoms with Crippen LogP contribution in [0.15, 0.2) is 71.6 Å². The molecule has 0 unspecified atom stereocenters. The van der Waals surface area contributed by atoms with E-state index in [0.717, 1.165) is 5.56 Å². The van der Waals surface area contributed by atoms with Gasteiger partial charge in [0.25, 0.3) is 5.79 Å². The molecule has 0 bridgehead atoms. The van der Waals surface area contributed by atoms with Gasteiger partial charge in [0.1, 0.15) is 0 Å². The summed E-state index contributed by atoms with van der Waals surface area (Å²) >= 11 is 0. The maximum absolute atomic E-state index is 14.3. The molecular weight excluding hydrogens is 466 g/mol. The summed E-state index contributed by atoms with van der Waals surface area (Å²) in [6.07, 6.45) is 3.44. The Balaban J connectivity index is 2.38. The fraction of sp³-hybridized carbons (Fsp3) is 0.444. The molecule has 35 heavy (non-hydrogen) atoms. The molecule has 0 saturated heterocycles. The van der Waals surface area contributed by atoms with Crippen LogP contribution in [0.25, 0.3) is 6.08 Å². The van der Waals surface area contributed by atoms with Gasteiger partial charge in [-0.1, -0.05) is 60.7 Å². The quantitative estimate of drug-likeness (QED) is 0.394. The first-order valence-electron chi connectivity index (χ1n) is 11.9. The largest absolute Gasteiger partial charge is 0.345 e. The van der Waals surface area contributed by atoms with Crippen molar-refractivity contribution in [2.45, 2.75) is 48.9 Å². The van der Waals surface area contributed by atoms with E-state index in [2.05, 4.69) is 6.07 Å². The first kappa shape index (κ1) is 27.1. The second-order valence-corrected chi connectivity index (χ2v) is 10.0. The van der Waals surface area contributed by atoms with E-state index in [0.29, 0.717) is 0 Å². The average molecular weight is 500 g/mol. The minimum Gasteiger partial charge on any atom is -0.345 e. The molecule has 0 N–H and O–H groups in total. The molecule has 2 atom stereocenters. The molecule has 2 aromatic carbocycles. The van der Waals surface area contributed by atoms with Crippen molar-refractivity contribution >= 4 is 15.9 Å². The molecule has 1 aliphatic rings. The molecule has 1 saturated carbocycles. The van der Waals surface area contributed by atoms with E-state index in [1.54, 1.807) is 58.0 Å². The molecule has 0 amide bonds. The third-order valence-corrected chi connectivity index (χ3v) is 8.49. The summed E-state index contributed by atoms with van der Waals surface area (Å²) in [6, 6.07) is 19.4. The van der Waals surface area contributed by atoms with Gasteiger partial charge < -0.3 is 18.9 Å². The highest BCUT2D eigenvalue weighted by Gasteiger charge is 2.90. The molecular formula is C27H33NO6S. The molecule has 0 spiro atoms. The molecule has 3 rings (SSSR count). The number of hydrogen-bond acceptors (Lipinski definition) is 7. The second kappa shape index (κ2) is 11.0. The van der Waals surface area contributed by atoms with E-state index in [1.807, 2.05) is 30.3 Å². The minimum absolute atomic E-state index is 0.00922. The van der Waals surface area contributed by atoms with Gasteiger partial charge in [0.05, 0.1) is 16.9 Å². The summed E-state index contributed by atoms with van der Waals surface area (Å²) in [4.78, 5) is -0.00922. The van der Waals surface area contributed by atoms with Crippen molar-refractivity contribution in [1.29, 1.82) is 5.26 Å². The smallest absolute Gasteiger partial charge is 0.259 e. The van der Waals surface area contributed by atoms with Crippen LogP contribution in [0.1, 0.15) is 33.3 Å². The molecule has 0 radical (unpaired) electrons. The summed E-state index contributed by atoms with van der Waals surface area (Å²) in [5.41, 5.74) is 0.837. The Labute approximate surface area is 208 Å². The zero-order valence-electron chi connectivity index (χ0n) is 20.6. The van der Waals surface area contributed by atoms with Crippen LogP contribution in [0.5, 0.6) is 0 Å². The van der Waals surface area contributed by atoms with Crippen LogP contribution in [-0.2, 0) is 28.8 Å². The summed E-state index contributed by atoms with van der Waals surface area (Å²) in [6.45, 7) is 7.50. The van der Waals surface area contributed by atoms with Gasteiger partial charge in [0.2, 0.25) is 20.4 Å². The monoisotopic (exact) mass is 499 g/mol. The van der Waals surface area contributed by atoms with Gasteiger partial charge in [-0.25, -0.2) is 8.42 Å². The lowest BCUT2D eigenvalue weighted by Crippen LogP contribution is -2.89. The number of sulfone groups is 1. The van der Waals surface area contributed by atoms with Crippen LogP contribution in [0.4, 0.5) is 0 Å². The predicted octanol–water partition coefficient (Wildman–Crippen LogP) is 4.60. The number of nitrogens with zero attached hydrogens (tertiary/aromatic N) is 1. The summed E-state index contributed by atoms with van der Waals surface area (Å²) in [5, 5.41) is 10.7. The highest BCUT2D eigenvalue weighted by molar-refractivity contribution is 7.93. The standard InChI is InChI=1S/C27H33NO6S/c1-5-31-26(32-6-2)24(20-19-22-15-11-9-12-16-22)25(21-28,27(26,33-7-3)34-8-4)35(29,30)23-17-13-10-14-18-23/h9-20,24H,5-8H2,1-4H3/b20-19+/t24-,25-/m1/s1. The van der Waals surface area contributed by atoms with Crippen LogP contribution in [0.2, 0.25) is 0 Å². The van der Waals surface area contributed by atoms with E-state index in [4.69, 9.17) is 18.9 Å². The number of rotatable bonds is 12. The van der Waals surface area contributed by atoms with Crippen LogP contribution in [0.3, 0.4) is 0 Å². The van der Waals surface area contributed by atoms with Crippen molar-refractivity contribution in [3.8, 4) is 6.07 Å². The van der Waals surface area contributed by atoms with E-state index in [9.17, 15) is 13.7 Å². The summed E-state index contributed by atoms with van der Waals surface area (Å²) in [7, 11) is -4.35. The van der Waals surface area contributed by atoms with Gasteiger partial charge in [-0.3, -0.25) is 0 Å². The Morgan fingerprint density at radius 2 is 1.31 bits per heavy atom. The van der Waals surface area contributed by atoms with E-state index >= 15 is 0 Å². The Morgan fingerprint density at radius 1 is 0.829 bits per heavy atom. The third-order valence-electron chi connectivity index (χ3n) is 6.13. The number of benzene rings is 2. The molecule has 1 aliphatic carbocycles. The van der Waals surface area contributed by atoms with Crippen molar-refractivity contribution in [1.82, 2.24) is 0 Å². The fourth-order valence-corrected chi connectivity index (χ4v) is 7.12. The summed E-state index contributed by atoms with van der Waals surface area (Å²) in [5.74, 6) is -4.78. The first-order valence-corrected chi connectivity index (χ1v) is 13.4. The van der Waals surface area contributed by atoms with Gasteiger partial charge >= 0.3 is 0 Å². The van der Waals surface area contributed by atoms with Gasteiger partial charge in [0.15, 0.2) is 0 Å². The van der Waals surface area contributed by atoms with Gasteiger partial charge in [-0.2, -0.15) is 5.26 Å². The number of ether oxygens (including phenoxy) is 4. The molecule has 1 fully saturated rings. The topological polar surface area (TPSA) is 94.9 Å². The first-order chi connectivity index (χ1) is 16.9. The lowest BCUT2D eigenvalue weighted by Gasteiger charge is -2.67. The van der Waals surface area contributed by atoms with Crippen molar-refractivity contribution in [2.24, 2.45) is 5.92 Å². The number of nitriles is 1. The average Bonchev–Trinajstić information content (AvgIpc) is 2.87. The van der Waals surface area contributed by atoms with Crippen LogP contribution in [0, 0.1) is 17.2 Å². The van der Waals surface area contributed by atoms with Gasteiger partial charge in [0, 0.05) is 26.4 Å².